The van der Waals surface area contributed by atoms with Gasteiger partial charge >= 0.3 is 23.7 Å². The molecule has 0 saturated heterocycles. The second-order valence-corrected chi connectivity index (χ2v) is 11.3. The minimum absolute atomic E-state index is 0.0810. The molecule has 2 rings (SSSR count). The molecule has 4 amide bonds. The van der Waals surface area contributed by atoms with Crippen LogP contribution in [0.4, 0.5) is 22.1 Å². The van der Waals surface area contributed by atoms with Crippen LogP contribution in [-0.2, 0) is 41.1 Å². The fourth-order valence-corrected chi connectivity index (χ4v) is 4.80. The predicted octanol–water partition coefficient (Wildman–Crippen LogP) is 1.43. The van der Waals surface area contributed by atoms with E-state index in [1.807, 2.05) is 5.32 Å². The predicted molar refractivity (Wildman–Crippen MR) is 161 cm³/mol. The second-order valence-electron chi connectivity index (χ2n) is 10.4. The number of carboxylic acids is 2. The van der Waals surface area contributed by atoms with Crippen molar-refractivity contribution in [3.05, 3.63) is 65.7 Å². The Labute approximate surface area is 279 Å². The van der Waals surface area contributed by atoms with E-state index in [1.165, 1.54) is 36.6 Å². The molecule has 0 heterocycles. The van der Waals surface area contributed by atoms with Crippen molar-refractivity contribution in [3.8, 4) is 5.75 Å². The second kappa shape index (κ2) is 17.5. The molecule has 0 fully saturated rings. The van der Waals surface area contributed by atoms with Crippen LogP contribution in [0.5, 0.6) is 5.75 Å². The average Bonchev–Trinajstić information content (AvgIpc) is 3.05. The highest BCUT2D eigenvalue weighted by Crippen LogP contribution is 2.46. The molecule has 2 aromatic rings. The number of phenolic OH excluding ortho intramolecular Hbond substituents is 1. The van der Waals surface area contributed by atoms with Crippen LogP contribution >= 0.6 is 11.8 Å². The summed E-state index contributed by atoms with van der Waals surface area (Å²) in [6, 6.07) is 3.66. The van der Waals surface area contributed by atoms with Crippen LogP contribution in [0.1, 0.15) is 24.0 Å². The van der Waals surface area contributed by atoms with Gasteiger partial charge in [0.15, 0.2) is 0 Å². The summed E-state index contributed by atoms with van der Waals surface area (Å²) in [6.07, 6.45) is -0.547. The lowest BCUT2D eigenvalue weighted by Gasteiger charge is -2.37. The Balaban J connectivity index is 2.39. The molecule has 0 aliphatic heterocycles. The molecule has 0 unspecified atom stereocenters. The number of hydrogen-bond acceptors (Lipinski definition) is 10. The number of carboxylic acid groups (broad SMARTS) is 2. The molecule has 0 aromatic heterocycles. The molecule has 4 atom stereocenters. The van der Waals surface area contributed by atoms with E-state index >= 15 is 13.2 Å². The van der Waals surface area contributed by atoms with Gasteiger partial charge < -0.3 is 31.7 Å². The van der Waals surface area contributed by atoms with Crippen LogP contribution in [0.25, 0.3) is 0 Å². The monoisotopic (exact) mass is 721 g/mol. The fourth-order valence-electron chi connectivity index (χ4n) is 4.34. The Kier molecular flexibility index (Phi) is 14.4. The van der Waals surface area contributed by atoms with Crippen molar-refractivity contribution in [3.63, 3.8) is 0 Å². The summed E-state index contributed by atoms with van der Waals surface area (Å²) >= 11 is 0.941. The maximum atomic E-state index is 15.9. The SMILES string of the molecule is CSCC[C@@H](C(=O)O)N(C(=O)CNC(=O)[C@@H](CC(=O)O)NC(=O)[C@@H](N)Cc1ccc(O)cc1)C(=O)[C@@](F)(N(F)F)C(F)(F)c1ccccc1. The summed E-state index contributed by atoms with van der Waals surface area (Å²) in [7, 11) is 0. The van der Waals surface area contributed by atoms with E-state index in [-0.39, 0.29) is 17.9 Å². The summed E-state index contributed by atoms with van der Waals surface area (Å²) in [5.74, 6) is -22.4. The summed E-state index contributed by atoms with van der Waals surface area (Å²) in [4.78, 5) is 74.9. The first kappa shape index (κ1) is 40.4. The van der Waals surface area contributed by atoms with E-state index in [4.69, 9.17) is 5.73 Å². The van der Waals surface area contributed by atoms with Crippen LogP contribution in [0, 0.1) is 0 Å². The molecular formula is C29H32F5N5O9S. The van der Waals surface area contributed by atoms with Gasteiger partial charge in [-0.1, -0.05) is 51.4 Å². The normalized spacial score (nSPS) is 14.5. The number of amides is 4. The van der Waals surface area contributed by atoms with Gasteiger partial charge in [-0.3, -0.25) is 28.9 Å². The largest absolute Gasteiger partial charge is 0.508 e. The molecule has 268 valence electrons. The number of nitrogens with two attached hydrogens (primary N) is 1. The van der Waals surface area contributed by atoms with E-state index in [9.17, 15) is 53.0 Å². The van der Waals surface area contributed by atoms with Crippen molar-refractivity contribution in [2.75, 3.05) is 18.6 Å². The minimum Gasteiger partial charge on any atom is -0.508 e. The summed E-state index contributed by atoms with van der Waals surface area (Å²) in [5.41, 5.74) is 4.87. The number of aromatic hydroxyl groups is 1. The number of imide groups is 1. The van der Waals surface area contributed by atoms with Crippen molar-refractivity contribution in [1.82, 2.24) is 20.9 Å². The number of alkyl halides is 3. The Morgan fingerprint density at radius 1 is 0.939 bits per heavy atom. The standard InChI is InChI=1S/C29H32F5N5O9S/c1-49-12-11-21(26(46)47)38(27(48)29(32,39(33)34)28(30,31)17-5-3-2-4-6-17)22(41)15-36-25(45)20(14-23(42)43)37-24(44)19(35)13-16-7-9-18(40)10-8-16/h2-10,19-21,40H,11-15,35H2,1H3,(H,36,45)(H,37,44)(H,42,43)(H,46,47)/t19-,20+,21-,29+/m0/s1. The van der Waals surface area contributed by atoms with Crippen molar-refractivity contribution in [2.24, 2.45) is 5.73 Å². The van der Waals surface area contributed by atoms with E-state index in [1.54, 1.807) is 5.32 Å². The number of nitrogens with zero attached hydrogens (tertiary/aromatic N) is 2. The fraction of sp³-hybridized carbons (Fsp3) is 0.379. The van der Waals surface area contributed by atoms with Gasteiger partial charge in [-0.2, -0.15) is 20.5 Å². The molecule has 7 N–H and O–H groups in total. The lowest BCUT2D eigenvalue weighted by molar-refractivity contribution is -0.337. The topological polar surface area (TPSA) is 220 Å². The van der Waals surface area contributed by atoms with Gasteiger partial charge in [0.25, 0.3) is 5.91 Å². The van der Waals surface area contributed by atoms with Gasteiger partial charge in [-0.15, -0.1) is 0 Å². The average molecular weight is 722 g/mol. The van der Waals surface area contributed by atoms with Gasteiger partial charge in [-0.25, -0.2) is 9.18 Å². The van der Waals surface area contributed by atoms with Crippen molar-refractivity contribution in [2.45, 2.75) is 49.1 Å². The number of halogens is 5. The van der Waals surface area contributed by atoms with E-state index < -0.39 is 101 Å². The molecular weight excluding hydrogens is 689 g/mol. The first-order valence-corrected chi connectivity index (χ1v) is 15.4. The van der Waals surface area contributed by atoms with Crippen LogP contribution in [-0.4, -0.2) is 104 Å². The van der Waals surface area contributed by atoms with Gasteiger partial charge in [0.1, 0.15) is 17.8 Å². The summed E-state index contributed by atoms with van der Waals surface area (Å²) < 4.78 is 74.6. The third-order valence-corrected chi connectivity index (χ3v) is 7.55. The van der Waals surface area contributed by atoms with Crippen molar-refractivity contribution >= 4 is 47.3 Å². The third-order valence-electron chi connectivity index (χ3n) is 6.90. The van der Waals surface area contributed by atoms with Crippen molar-refractivity contribution in [1.29, 1.82) is 0 Å². The summed E-state index contributed by atoms with van der Waals surface area (Å²) in [5, 5.41) is 29.4. The first-order chi connectivity index (χ1) is 22.9. The molecule has 0 aliphatic rings. The Morgan fingerprint density at radius 3 is 2.04 bits per heavy atom. The molecule has 0 radical (unpaired) electrons. The van der Waals surface area contributed by atoms with Crippen LogP contribution in [0.15, 0.2) is 54.6 Å². The highest BCUT2D eigenvalue weighted by molar-refractivity contribution is 7.98. The molecule has 20 heteroatoms. The number of carbonyl (C=O) groups excluding carboxylic acids is 4. The highest BCUT2D eigenvalue weighted by Gasteiger charge is 2.70. The number of hydrogen-bond donors (Lipinski definition) is 6. The number of carbonyl (C=O) groups is 6. The minimum atomic E-state index is -5.64. The summed E-state index contributed by atoms with van der Waals surface area (Å²) in [6.45, 7) is -1.52. The van der Waals surface area contributed by atoms with E-state index in [0.717, 1.165) is 23.9 Å². The molecule has 2 aromatic carbocycles. The van der Waals surface area contributed by atoms with Crippen LogP contribution in [0.2, 0.25) is 0 Å². The maximum absolute atomic E-state index is 15.9. The Bertz CT molecular complexity index is 1510. The molecule has 0 bridgehead atoms. The zero-order valence-electron chi connectivity index (χ0n) is 25.5. The van der Waals surface area contributed by atoms with Crippen LogP contribution < -0.4 is 16.4 Å². The van der Waals surface area contributed by atoms with Gasteiger partial charge in [0, 0.05) is 5.56 Å². The highest BCUT2D eigenvalue weighted by atomic mass is 32.2. The lowest BCUT2D eigenvalue weighted by Crippen LogP contribution is -2.65. The number of phenols is 1. The number of rotatable bonds is 18. The molecule has 0 saturated carbocycles. The Hall–Kier alpha value is -4.82. The van der Waals surface area contributed by atoms with Crippen molar-refractivity contribution < 1.29 is 66.2 Å². The van der Waals surface area contributed by atoms with Gasteiger partial charge in [-0.05, 0) is 42.5 Å². The number of nitrogens with one attached hydrogen (secondary N) is 2. The zero-order chi connectivity index (χ0) is 37.1. The molecule has 0 aliphatic carbocycles. The third kappa shape index (κ3) is 10.1. The molecule has 49 heavy (non-hydrogen) atoms. The number of aliphatic carboxylic acids is 2. The zero-order valence-corrected chi connectivity index (χ0v) is 26.3. The number of thioether (sulfide) groups is 1. The number of benzene rings is 2. The first-order valence-electron chi connectivity index (χ1n) is 14.0. The lowest BCUT2D eigenvalue weighted by atomic mass is 9.96. The smallest absolute Gasteiger partial charge is 0.365 e. The van der Waals surface area contributed by atoms with E-state index in [2.05, 4.69) is 0 Å². The van der Waals surface area contributed by atoms with Gasteiger partial charge in [0.05, 0.1) is 24.4 Å². The van der Waals surface area contributed by atoms with Gasteiger partial charge in [0.2, 0.25) is 17.7 Å². The molecule has 14 nitrogen and oxygen atoms in total. The van der Waals surface area contributed by atoms with Crippen LogP contribution in [0.3, 0.4) is 0 Å². The maximum Gasteiger partial charge on any atom is 0.365 e. The quantitative estimate of drug-likeness (QED) is 0.0732. The molecule has 0 spiro atoms. The van der Waals surface area contributed by atoms with E-state index in [0.29, 0.717) is 17.7 Å². The Morgan fingerprint density at radius 2 is 1.53 bits per heavy atom.